The summed E-state index contributed by atoms with van der Waals surface area (Å²) in [7, 11) is 1.63. The number of nitrogens with two attached hydrogens (primary N) is 1. The molecular formula is C14H15Br2NO2S. The molecular weight excluding hydrogens is 406 g/mol. The summed E-state index contributed by atoms with van der Waals surface area (Å²) in [6.07, 6.45) is -0.183. The Morgan fingerprint density at radius 1 is 1.20 bits per heavy atom. The number of benzene rings is 1. The van der Waals surface area contributed by atoms with E-state index in [2.05, 4.69) is 37.2 Å². The number of methoxy groups -OCH3 is 1. The predicted octanol–water partition coefficient (Wildman–Crippen LogP) is 4.75. The van der Waals surface area contributed by atoms with Crippen molar-refractivity contribution in [2.24, 2.45) is 5.73 Å². The van der Waals surface area contributed by atoms with E-state index in [-0.39, 0.29) is 12.1 Å². The third-order valence-electron chi connectivity index (χ3n) is 2.81. The lowest BCUT2D eigenvalue weighted by molar-refractivity contribution is 0.179. The Hall–Kier alpha value is -0.560. The summed E-state index contributed by atoms with van der Waals surface area (Å²) >= 11 is 8.59. The first-order valence-electron chi connectivity index (χ1n) is 6.00. The normalized spacial score (nSPS) is 13.8. The summed E-state index contributed by atoms with van der Waals surface area (Å²) < 4.78 is 13.0. The zero-order chi connectivity index (χ0) is 14.7. The Bertz CT molecular complexity index is 573. The second-order valence-electron chi connectivity index (χ2n) is 4.37. The number of ether oxygens (including phenoxy) is 2. The number of hydrogen-bond acceptors (Lipinski definition) is 4. The maximum absolute atomic E-state index is 6.08. The van der Waals surface area contributed by atoms with Gasteiger partial charge in [-0.15, -0.1) is 0 Å². The fourth-order valence-electron chi connectivity index (χ4n) is 1.81. The molecule has 20 heavy (non-hydrogen) atoms. The summed E-state index contributed by atoms with van der Waals surface area (Å²) in [4.78, 5) is 0. The molecule has 0 radical (unpaired) electrons. The Morgan fingerprint density at radius 3 is 2.40 bits per heavy atom. The number of halogens is 2. The van der Waals surface area contributed by atoms with Crippen molar-refractivity contribution < 1.29 is 9.47 Å². The van der Waals surface area contributed by atoms with E-state index >= 15 is 0 Å². The van der Waals surface area contributed by atoms with Gasteiger partial charge in [-0.25, -0.2) is 0 Å². The minimum Gasteiger partial charge on any atom is -0.496 e. The molecule has 0 saturated heterocycles. The molecule has 1 heterocycles. The van der Waals surface area contributed by atoms with Crippen molar-refractivity contribution in [3.63, 3.8) is 0 Å². The Labute approximate surface area is 139 Å². The van der Waals surface area contributed by atoms with Gasteiger partial charge in [0.2, 0.25) is 0 Å². The zero-order valence-corrected chi connectivity index (χ0v) is 15.1. The first-order chi connectivity index (χ1) is 9.52. The minimum absolute atomic E-state index is 0.114. The van der Waals surface area contributed by atoms with E-state index in [1.54, 1.807) is 18.4 Å². The lowest BCUT2D eigenvalue weighted by Gasteiger charge is -2.23. The highest BCUT2D eigenvalue weighted by molar-refractivity contribution is 9.11. The van der Waals surface area contributed by atoms with Crippen molar-refractivity contribution in [3.05, 3.63) is 43.5 Å². The van der Waals surface area contributed by atoms with Crippen molar-refractivity contribution in [1.29, 1.82) is 0 Å². The van der Waals surface area contributed by atoms with Crippen LogP contribution in [0.4, 0.5) is 0 Å². The van der Waals surface area contributed by atoms with Crippen molar-refractivity contribution in [2.45, 2.75) is 19.1 Å². The second kappa shape index (κ2) is 6.93. The van der Waals surface area contributed by atoms with Crippen LogP contribution in [0.1, 0.15) is 18.6 Å². The van der Waals surface area contributed by atoms with Crippen molar-refractivity contribution in [2.75, 3.05) is 7.11 Å². The van der Waals surface area contributed by atoms with E-state index in [9.17, 15) is 0 Å². The van der Waals surface area contributed by atoms with Crippen LogP contribution in [-0.2, 0) is 0 Å². The first-order valence-corrected chi connectivity index (χ1v) is 8.53. The minimum atomic E-state index is -0.183. The molecule has 6 heteroatoms. The van der Waals surface area contributed by atoms with Gasteiger partial charge < -0.3 is 15.2 Å². The van der Waals surface area contributed by atoms with Gasteiger partial charge >= 0.3 is 0 Å². The van der Waals surface area contributed by atoms with Gasteiger partial charge in [-0.1, -0.05) is 0 Å². The van der Waals surface area contributed by atoms with Crippen molar-refractivity contribution in [3.8, 4) is 11.5 Å². The van der Waals surface area contributed by atoms with Gasteiger partial charge in [0.25, 0.3) is 0 Å². The molecule has 2 unspecified atom stereocenters. The van der Waals surface area contributed by atoms with Gasteiger partial charge in [0.15, 0.2) is 0 Å². The van der Waals surface area contributed by atoms with E-state index < -0.39 is 0 Å². The maximum Gasteiger partial charge on any atom is 0.139 e. The Balaban J connectivity index is 2.30. The maximum atomic E-state index is 6.08. The van der Waals surface area contributed by atoms with Crippen LogP contribution in [0.2, 0.25) is 0 Å². The smallest absolute Gasteiger partial charge is 0.139 e. The van der Waals surface area contributed by atoms with Crippen LogP contribution >= 0.6 is 43.2 Å². The molecule has 0 bridgehead atoms. The predicted molar refractivity (Wildman–Crippen MR) is 89.7 cm³/mol. The third-order valence-corrected chi connectivity index (χ3v) is 4.75. The number of thiophene rings is 1. The molecule has 108 valence electrons. The number of rotatable bonds is 5. The van der Waals surface area contributed by atoms with Gasteiger partial charge in [-0.05, 0) is 67.7 Å². The molecule has 1 aromatic heterocycles. The SMILES string of the molecule is COc1cc(Br)c(OC(c2ccsc2)C(C)N)cc1Br. The van der Waals surface area contributed by atoms with Crippen LogP contribution < -0.4 is 15.2 Å². The Kier molecular flexibility index (Phi) is 5.49. The second-order valence-corrected chi connectivity index (χ2v) is 6.86. The molecule has 0 fully saturated rings. The molecule has 2 N–H and O–H groups in total. The fourth-order valence-corrected chi connectivity index (χ4v) is 3.39. The van der Waals surface area contributed by atoms with Crippen LogP contribution in [-0.4, -0.2) is 13.2 Å². The highest BCUT2D eigenvalue weighted by Crippen LogP contribution is 2.38. The molecule has 0 saturated carbocycles. The van der Waals surface area contributed by atoms with Crippen LogP contribution in [0, 0.1) is 0 Å². The molecule has 2 atom stereocenters. The quantitative estimate of drug-likeness (QED) is 0.758. The molecule has 0 aliphatic heterocycles. The summed E-state index contributed by atoms with van der Waals surface area (Å²) in [5.41, 5.74) is 7.13. The van der Waals surface area contributed by atoms with Crippen LogP contribution in [0.15, 0.2) is 37.9 Å². The summed E-state index contributed by atoms with van der Waals surface area (Å²) in [5.74, 6) is 1.48. The zero-order valence-electron chi connectivity index (χ0n) is 11.1. The van der Waals surface area contributed by atoms with E-state index in [0.29, 0.717) is 0 Å². The van der Waals surface area contributed by atoms with Gasteiger partial charge in [0.1, 0.15) is 17.6 Å². The van der Waals surface area contributed by atoms with Crippen LogP contribution in [0.3, 0.4) is 0 Å². The number of hydrogen-bond donors (Lipinski definition) is 1. The molecule has 1 aromatic carbocycles. The highest BCUT2D eigenvalue weighted by atomic mass is 79.9. The summed E-state index contributed by atoms with van der Waals surface area (Å²) in [6, 6.07) is 5.67. The molecule has 0 amide bonds. The molecule has 0 aliphatic rings. The largest absolute Gasteiger partial charge is 0.496 e. The lowest BCUT2D eigenvalue weighted by Crippen LogP contribution is -2.28. The summed E-state index contributed by atoms with van der Waals surface area (Å²) in [6.45, 7) is 1.94. The fraction of sp³-hybridized carbons (Fsp3) is 0.286. The topological polar surface area (TPSA) is 44.5 Å². The van der Waals surface area contributed by atoms with E-state index in [0.717, 1.165) is 26.0 Å². The standard InChI is InChI=1S/C14H15Br2NO2S/c1-8(17)14(9-3-4-20-7-9)19-13-6-10(15)12(18-2)5-11(13)16/h3-8,14H,17H2,1-2H3. The third kappa shape index (κ3) is 3.55. The first kappa shape index (κ1) is 15.8. The molecule has 2 rings (SSSR count). The summed E-state index contributed by atoms with van der Waals surface area (Å²) in [5, 5.41) is 4.08. The van der Waals surface area contributed by atoms with Gasteiger partial charge in [0.05, 0.1) is 16.1 Å². The van der Waals surface area contributed by atoms with E-state index in [1.807, 2.05) is 30.5 Å². The molecule has 0 spiro atoms. The molecule has 0 aliphatic carbocycles. The Morgan fingerprint density at radius 2 is 1.85 bits per heavy atom. The van der Waals surface area contributed by atoms with Gasteiger partial charge in [-0.3, -0.25) is 0 Å². The van der Waals surface area contributed by atoms with Crippen LogP contribution in [0.25, 0.3) is 0 Å². The van der Waals surface area contributed by atoms with Crippen molar-refractivity contribution >= 4 is 43.2 Å². The average Bonchev–Trinajstić information content (AvgIpc) is 2.92. The van der Waals surface area contributed by atoms with E-state index in [1.165, 1.54) is 0 Å². The van der Waals surface area contributed by atoms with Gasteiger partial charge in [-0.2, -0.15) is 11.3 Å². The molecule has 3 nitrogen and oxygen atoms in total. The molecule has 2 aromatic rings. The van der Waals surface area contributed by atoms with Crippen LogP contribution in [0.5, 0.6) is 11.5 Å². The monoisotopic (exact) mass is 419 g/mol. The van der Waals surface area contributed by atoms with Gasteiger partial charge in [0, 0.05) is 11.6 Å². The van der Waals surface area contributed by atoms with Crippen molar-refractivity contribution in [1.82, 2.24) is 0 Å². The van der Waals surface area contributed by atoms with E-state index in [4.69, 9.17) is 15.2 Å². The highest BCUT2D eigenvalue weighted by Gasteiger charge is 2.20. The lowest BCUT2D eigenvalue weighted by atomic mass is 10.1. The average molecular weight is 421 g/mol.